The lowest BCUT2D eigenvalue weighted by Gasteiger charge is -2.04. The number of rotatable bonds is 2. The lowest BCUT2D eigenvalue weighted by molar-refractivity contribution is 0.103. The zero-order chi connectivity index (χ0) is 15.1. The minimum atomic E-state index is -0.603. The average molecular weight is 305 g/mol. The summed E-state index contributed by atoms with van der Waals surface area (Å²) in [7, 11) is 0. The average Bonchev–Trinajstić information content (AvgIpc) is 2.79. The molecule has 1 aromatic carbocycles. The van der Waals surface area contributed by atoms with Gasteiger partial charge in [-0.2, -0.15) is 0 Å². The maximum absolute atomic E-state index is 12.5. The Morgan fingerprint density at radius 2 is 2.05 bits per heavy atom. The molecule has 0 aliphatic carbocycles. The second kappa shape index (κ2) is 4.75. The van der Waals surface area contributed by atoms with Crippen molar-refractivity contribution in [2.24, 2.45) is 0 Å². The number of pyridine rings is 1. The van der Waals surface area contributed by atoms with Gasteiger partial charge < -0.3 is 9.40 Å². The third-order valence-corrected chi connectivity index (χ3v) is 3.44. The number of hydrogen-bond acceptors (Lipinski definition) is 4. The van der Waals surface area contributed by atoms with E-state index in [9.17, 15) is 14.4 Å². The maximum atomic E-state index is 12.5. The second-order valence-electron chi connectivity index (χ2n) is 4.54. The molecule has 21 heavy (non-hydrogen) atoms. The summed E-state index contributed by atoms with van der Waals surface area (Å²) in [5, 5.41) is 0.0667. The molecule has 2 aromatic heterocycles. The molecule has 0 unspecified atom stereocenters. The Labute approximate surface area is 122 Å². The number of hydrogen-bond donors (Lipinski definition) is 2. The van der Waals surface area contributed by atoms with Crippen LogP contribution in [0.2, 0.25) is 5.02 Å². The first-order valence-electron chi connectivity index (χ1n) is 6.02. The van der Waals surface area contributed by atoms with Gasteiger partial charge in [-0.3, -0.25) is 14.6 Å². The summed E-state index contributed by atoms with van der Waals surface area (Å²) in [5.74, 6) is -1.14. The fourth-order valence-electron chi connectivity index (χ4n) is 2.16. The molecule has 0 atom stereocenters. The third-order valence-electron chi connectivity index (χ3n) is 3.13. The molecule has 0 fully saturated rings. The summed E-state index contributed by atoms with van der Waals surface area (Å²) >= 11 is 5.92. The van der Waals surface area contributed by atoms with Crippen LogP contribution >= 0.6 is 11.6 Å². The summed E-state index contributed by atoms with van der Waals surface area (Å²) in [5.41, 5.74) is 0.944. The van der Waals surface area contributed by atoms with E-state index in [1.54, 1.807) is 13.0 Å². The lowest BCUT2D eigenvalue weighted by Crippen LogP contribution is -2.18. The van der Waals surface area contributed by atoms with Crippen LogP contribution in [-0.4, -0.2) is 15.8 Å². The van der Waals surface area contributed by atoms with Crippen LogP contribution < -0.4 is 11.3 Å². The highest BCUT2D eigenvalue weighted by atomic mass is 35.5. The van der Waals surface area contributed by atoms with Gasteiger partial charge in [0.1, 0.15) is 5.56 Å². The summed E-state index contributed by atoms with van der Waals surface area (Å²) in [6.45, 7) is 1.72. The first kappa shape index (κ1) is 13.4. The molecule has 0 spiro atoms. The van der Waals surface area contributed by atoms with Gasteiger partial charge in [-0.05, 0) is 30.7 Å². The van der Waals surface area contributed by atoms with E-state index in [2.05, 4.69) is 9.97 Å². The molecule has 0 saturated heterocycles. The van der Waals surface area contributed by atoms with E-state index >= 15 is 0 Å². The predicted octanol–water partition coefficient (Wildman–Crippen LogP) is 2.00. The Kier molecular flexibility index (Phi) is 3.03. The van der Waals surface area contributed by atoms with Gasteiger partial charge in [0.05, 0.1) is 10.5 Å². The molecule has 0 aliphatic rings. The minimum absolute atomic E-state index is 0.0667. The standard InChI is InChI=1S/C14H9ClN2O4/c1-6-4-7(5-9-11(6)17-14(20)21-9)12(18)10-8(15)2-3-16-13(10)19/h2-5H,1H3,(H,16,19)(H,17,20). The number of aromatic nitrogens is 2. The van der Waals surface area contributed by atoms with Crippen LogP contribution in [0.25, 0.3) is 11.1 Å². The Morgan fingerprint density at radius 3 is 2.76 bits per heavy atom. The zero-order valence-corrected chi connectivity index (χ0v) is 11.6. The van der Waals surface area contributed by atoms with Gasteiger partial charge in [0.2, 0.25) is 0 Å². The highest BCUT2D eigenvalue weighted by Crippen LogP contribution is 2.21. The van der Waals surface area contributed by atoms with Crippen molar-refractivity contribution in [3.8, 4) is 0 Å². The zero-order valence-electron chi connectivity index (χ0n) is 10.8. The number of H-pyrrole nitrogens is 2. The van der Waals surface area contributed by atoms with E-state index in [0.717, 1.165) is 0 Å². The third kappa shape index (κ3) is 2.19. The molecule has 106 valence electrons. The van der Waals surface area contributed by atoms with Crippen molar-refractivity contribution >= 4 is 28.5 Å². The van der Waals surface area contributed by atoms with Crippen LogP contribution in [0.4, 0.5) is 0 Å². The van der Waals surface area contributed by atoms with E-state index in [4.69, 9.17) is 16.0 Å². The molecule has 0 bridgehead atoms. The van der Waals surface area contributed by atoms with Crippen LogP contribution in [0.5, 0.6) is 0 Å². The van der Waals surface area contributed by atoms with Crippen LogP contribution in [0.1, 0.15) is 21.5 Å². The SMILES string of the molecule is Cc1cc(C(=O)c2c(Cl)cc[nH]c2=O)cc2oc(=O)[nH]c12. The molecule has 3 rings (SSSR count). The van der Waals surface area contributed by atoms with Crippen LogP contribution in [-0.2, 0) is 0 Å². The molecule has 0 saturated carbocycles. The first-order chi connectivity index (χ1) is 9.97. The second-order valence-corrected chi connectivity index (χ2v) is 4.95. The normalized spacial score (nSPS) is 11.0. The molecule has 3 aromatic rings. The summed E-state index contributed by atoms with van der Waals surface area (Å²) in [6.07, 6.45) is 1.36. The quantitative estimate of drug-likeness (QED) is 0.708. The Morgan fingerprint density at radius 1 is 1.29 bits per heavy atom. The van der Waals surface area contributed by atoms with E-state index in [0.29, 0.717) is 11.1 Å². The number of aryl methyl sites for hydroxylation is 1. The number of carbonyl (C=O) groups is 1. The van der Waals surface area contributed by atoms with E-state index in [-0.39, 0.29) is 21.7 Å². The molecule has 6 nitrogen and oxygen atoms in total. The number of fused-ring (bicyclic) bond motifs is 1. The molecule has 0 amide bonds. The van der Waals surface area contributed by atoms with Gasteiger partial charge in [-0.1, -0.05) is 11.6 Å². The number of ketones is 1. The molecule has 2 N–H and O–H groups in total. The van der Waals surface area contributed by atoms with Crippen molar-refractivity contribution in [2.75, 3.05) is 0 Å². The Hall–Kier alpha value is -2.60. The van der Waals surface area contributed by atoms with Crippen LogP contribution in [0, 0.1) is 6.92 Å². The van der Waals surface area contributed by atoms with E-state index < -0.39 is 17.1 Å². The Balaban J connectivity index is 2.23. The molecule has 0 radical (unpaired) electrons. The number of aromatic amines is 2. The number of nitrogens with one attached hydrogen (secondary N) is 2. The summed E-state index contributed by atoms with van der Waals surface area (Å²) in [6, 6.07) is 4.40. The highest BCUT2D eigenvalue weighted by Gasteiger charge is 2.19. The largest absolute Gasteiger partial charge is 0.417 e. The van der Waals surface area contributed by atoms with Crippen molar-refractivity contribution < 1.29 is 9.21 Å². The van der Waals surface area contributed by atoms with E-state index in [1.807, 2.05) is 0 Å². The Bertz CT molecular complexity index is 981. The van der Waals surface area contributed by atoms with Crippen LogP contribution in [0.15, 0.2) is 38.4 Å². The summed E-state index contributed by atoms with van der Waals surface area (Å²) in [4.78, 5) is 40.4. The van der Waals surface area contributed by atoms with Gasteiger partial charge >= 0.3 is 5.76 Å². The van der Waals surface area contributed by atoms with Gasteiger partial charge in [0, 0.05) is 11.8 Å². The van der Waals surface area contributed by atoms with Gasteiger partial charge in [0.25, 0.3) is 5.56 Å². The first-order valence-corrected chi connectivity index (χ1v) is 6.40. The molecular formula is C14H9ClN2O4. The van der Waals surface area contributed by atoms with Crippen molar-refractivity contribution in [1.29, 1.82) is 0 Å². The minimum Gasteiger partial charge on any atom is -0.408 e. The molecule has 0 aliphatic heterocycles. The van der Waals surface area contributed by atoms with Gasteiger partial charge in [-0.15, -0.1) is 0 Å². The number of oxazole rings is 1. The lowest BCUT2D eigenvalue weighted by atomic mass is 10.0. The number of benzene rings is 1. The van der Waals surface area contributed by atoms with Crippen molar-refractivity contribution in [1.82, 2.24) is 9.97 Å². The van der Waals surface area contributed by atoms with Crippen molar-refractivity contribution in [3.63, 3.8) is 0 Å². The predicted molar refractivity (Wildman–Crippen MR) is 77.1 cm³/mol. The highest BCUT2D eigenvalue weighted by molar-refractivity contribution is 6.34. The molecule has 7 heteroatoms. The van der Waals surface area contributed by atoms with Gasteiger partial charge in [0.15, 0.2) is 11.4 Å². The topological polar surface area (TPSA) is 95.9 Å². The van der Waals surface area contributed by atoms with E-state index in [1.165, 1.54) is 18.3 Å². The summed E-state index contributed by atoms with van der Waals surface area (Å²) < 4.78 is 4.95. The fraction of sp³-hybridized carbons (Fsp3) is 0.0714. The fourth-order valence-corrected chi connectivity index (χ4v) is 2.40. The maximum Gasteiger partial charge on any atom is 0.417 e. The number of carbonyl (C=O) groups excluding carboxylic acids is 1. The van der Waals surface area contributed by atoms with Crippen LogP contribution in [0.3, 0.4) is 0 Å². The smallest absolute Gasteiger partial charge is 0.408 e. The molecular weight excluding hydrogens is 296 g/mol. The van der Waals surface area contributed by atoms with Crippen molar-refractivity contribution in [3.05, 3.63) is 67.0 Å². The number of halogens is 1. The molecule has 2 heterocycles. The van der Waals surface area contributed by atoms with Crippen molar-refractivity contribution in [2.45, 2.75) is 6.92 Å². The monoisotopic (exact) mass is 304 g/mol. The van der Waals surface area contributed by atoms with Gasteiger partial charge in [-0.25, -0.2) is 4.79 Å².